The van der Waals surface area contributed by atoms with Crippen LogP contribution in [0.4, 0.5) is 0 Å². The van der Waals surface area contributed by atoms with Gasteiger partial charge in [-0.15, -0.1) is 0 Å². The van der Waals surface area contributed by atoms with E-state index in [1.165, 1.54) is 11.1 Å². The number of hydrogen-bond acceptors (Lipinski definition) is 3. The Morgan fingerprint density at radius 2 is 1.96 bits per heavy atom. The Kier molecular flexibility index (Phi) is 5.07. The summed E-state index contributed by atoms with van der Waals surface area (Å²) in [5.41, 5.74) is 4.53. The number of aliphatic carboxylic acids is 1. The van der Waals surface area contributed by atoms with Gasteiger partial charge in [-0.25, -0.2) is 4.98 Å². The Balaban J connectivity index is 1.49. The molecule has 3 aromatic rings. The SMILES string of the molecule is Cc1cccc(Cc2nc3cc(OC4CCC(C(=O)O)CC4)ccc3n2C)c1. The molecule has 1 N–H and O–H groups in total. The van der Waals surface area contributed by atoms with Crippen molar-refractivity contribution in [3.05, 3.63) is 59.4 Å². The zero-order valence-corrected chi connectivity index (χ0v) is 16.4. The molecule has 0 atom stereocenters. The van der Waals surface area contributed by atoms with Crippen molar-refractivity contribution >= 4 is 17.0 Å². The average Bonchev–Trinajstić information content (AvgIpc) is 2.97. The van der Waals surface area contributed by atoms with E-state index in [0.717, 1.165) is 41.9 Å². The molecule has 1 heterocycles. The van der Waals surface area contributed by atoms with E-state index in [0.29, 0.717) is 12.8 Å². The second kappa shape index (κ2) is 7.66. The monoisotopic (exact) mass is 378 g/mol. The maximum atomic E-state index is 11.1. The van der Waals surface area contributed by atoms with Crippen LogP contribution in [0.1, 0.15) is 42.6 Å². The molecule has 1 aromatic heterocycles. The third-order valence-electron chi connectivity index (χ3n) is 5.72. The molecule has 4 rings (SSSR count). The van der Waals surface area contributed by atoms with Gasteiger partial charge in [-0.2, -0.15) is 0 Å². The van der Waals surface area contributed by atoms with Crippen LogP contribution in [0.25, 0.3) is 11.0 Å². The number of carboxylic acid groups (broad SMARTS) is 1. The number of ether oxygens (including phenoxy) is 1. The van der Waals surface area contributed by atoms with Crippen LogP contribution in [0.15, 0.2) is 42.5 Å². The minimum atomic E-state index is -0.686. The van der Waals surface area contributed by atoms with Crippen molar-refractivity contribution in [2.45, 2.75) is 45.1 Å². The van der Waals surface area contributed by atoms with Crippen molar-refractivity contribution in [1.29, 1.82) is 0 Å². The number of aryl methyl sites for hydroxylation is 2. The molecule has 5 heteroatoms. The van der Waals surface area contributed by atoms with Crippen LogP contribution in [0.3, 0.4) is 0 Å². The highest BCUT2D eigenvalue weighted by atomic mass is 16.5. The van der Waals surface area contributed by atoms with E-state index in [9.17, 15) is 4.79 Å². The second-order valence-electron chi connectivity index (χ2n) is 7.83. The standard InChI is InChI=1S/C23H26N2O3/c1-15-4-3-5-16(12-15)13-22-24-20-14-19(10-11-21(20)25(22)2)28-18-8-6-17(7-9-18)23(26)27/h3-5,10-12,14,17-18H,6-9,13H2,1-2H3,(H,26,27). The lowest BCUT2D eigenvalue weighted by molar-refractivity contribution is -0.143. The molecule has 2 aromatic carbocycles. The number of hydrogen-bond donors (Lipinski definition) is 1. The smallest absolute Gasteiger partial charge is 0.306 e. The molecular weight excluding hydrogens is 352 g/mol. The van der Waals surface area contributed by atoms with Crippen molar-refractivity contribution in [2.75, 3.05) is 0 Å². The van der Waals surface area contributed by atoms with Crippen LogP contribution in [0.2, 0.25) is 0 Å². The third-order valence-corrected chi connectivity index (χ3v) is 5.72. The zero-order chi connectivity index (χ0) is 19.7. The molecule has 1 aliphatic rings. The van der Waals surface area contributed by atoms with Crippen LogP contribution >= 0.6 is 0 Å². The van der Waals surface area contributed by atoms with Crippen molar-refractivity contribution in [3.63, 3.8) is 0 Å². The Bertz CT molecular complexity index is 1000. The molecule has 0 saturated heterocycles. The maximum Gasteiger partial charge on any atom is 0.306 e. The molecule has 28 heavy (non-hydrogen) atoms. The average molecular weight is 378 g/mol. The summed E-state index contributed by atoms with van der Waals surface area (Å²) in [6.07, 6.45) is 3.83. The van der Waals surface area contributed by atoms with Gasteiger partial charge in [-0.05, 0) is 50.3 Å². The van der Waals surface area contributed by atoms with Crippen LogP contribution in [-0.2, 0) is 18.3 Å². The fourth-order valence-corrected chi connectivity index (χ4v) is 4.09. The number of fused-ring (bicyclic) bond motifs is 1. The molecule has 0 unspecified atom stereocenters. The lowest BCUT2D eigenvalue weighted by Crippen LogP contribution is -2.27. The van der Waals surface area contributed by atoms with Gasteiger partial charge in [-0.3, -0.25) is 4.79 Å². The van der Waals surface area contributed by atoms with Gasteiger partial charge in [0.15, 0.2) is 0 Å². The van der Waals surface area contributed by atoms with E-state index in [1.54, 1.807) is 0 Å². The van der Waals surface area contributed by atoms with E-state index in [2.05, 4.69) is 41.8 Å². The highest BCUT2D eigenvalue weighted by Crippen LogP contribution is 2.29. The number of carboxylic acids is 1. The van der Waals surface area contributed by atoms with E-state index in [4.69, 9.17) is 14.8 Å². The Labute approximate surface area is 165 Å². The largest absolute Gasteiger partial charge is 0.490 e. The van der Waals surface area contributed by atoms with Crippen LogP contribution < -0.4 is 4.74 Å². The lowest BCUT2D eigenvalue weighted by Gasteiger charge is -2.26. The first-order chi connectivity index (χ1) is 13.5. The first-order valence-corrected chi connectivity index (χ1v) is 9.90. The number of rotatable bonds is 5. The summed E-state index contributed by atoms with van der Waals surface area (Å²) in [5, 5.41) is 9.13. The topological polar surface area (TPSA) is 64.3 Å². The molecule has 0 spiro atoms. The number of nitrogens with zero attached hydrogens (tertiary/aromatic N) is 2. The predicted octanol–water partition coefficient (Wildman–Crippen LogP) is 4.49. The summed E-state index contributed by atoms with van der Waals surface area (Å²) in [5.74, 6) is 0.933. The highest BCUT2D eigenvalue weighted by Gasteiger charge is 2.27. The van der Waals surface area contributed by atoms with Gasteiger partial charge in [-0.1, -0.05) is 29.8 Å². The van der Waals surface area contributed by atoms with E-state index < -0.39 is 5.97 Å². The zero-order valence-electron chi connectivity index (χ0n) is 16.4. The van der Waals surface area contributed by atoms with Crippen molar-refractivity contribution in [3.8, 4) is 5.75 Å². The molecule has 5 nitrogen and oxygen atoms in total. The van der Waals surface area contributed by atoms with Gasteiger partial charge in [0.1, 0.15) is 11.6 Å². The van der Waals surface area contributed by atoms with E-state index in [-0.39, 0.29) is 12.0 Å². The minimum Gasteiger partial charge on any atom is -0.490 e. The quantitative estimate of drug-likeness (QED) is 0.710. The van der Waals surface area contributed by atoms with Gasteiger partial charge in [0.2, 0.25) is 0 Å². The van der Waals surface area contributed by atoms with Gasteiger partial charge in [0.05, 0.1) is 23.1 Å². The summed E-state index contributed by atoms with van der Waals surface area (Å²) < 4.78 is 8.27. The number of benzene rings is 2. The van der Waals surface area contributed by atoms with Crippen LogP contribution in [0.5, 0.6) is 5.75 Å². The summed E-state index contributed by atoms with van der Waals surface area (Å²) in [7, 11) is 2.05. The van der Waals surface area contributed by atoms with Gasteiger partial charge in [0.25, 0.3) is 0 Å². The van der Waals surface area contributed by atoms with Gasteiger partial charge < -0.3 is 14.4 Å². The molecule has 0 radical (unpaired) electrons. The minimum absolute atomic E-state index is 0.0866. The molecule has 1 aliphatic carbocycles. The van der Waals surface area contributed by atoms with Gasteiger partial charge >= 0.3 is 5.97 Å². The van der Waals surface area contributed by atoms with E-state index in [1.807, 2.05) is 19.2 Å². The Morgan fingerprint density at radius 3 is 2.68 bits per heavy atom. The lowest BCUT2D eigenvalue weighted by atomic mass is 9.87. The highest BCUT2D eigenvalue weighted by molar-refractivity contribution is 5.77. The van der Waals surface area contributed by atoms with Crippen molar-refractivity contribution in [1.82, 2.24) is 9.55 Å². The molecule has 0 amide bonds. The second-order valence-corrected chi connectivity index (χ2v) is 7.83. The Morgan fingerprint density at radius 1 is 1.18 bits per heavy atom. The van der Waals surface area contributed by atoms with Gasteiger partial charge in [0, 0.05) is 19.5 Å². The maximum absolute atomic E-state index is 11.1. The molecule has 1 fully saturated rings. The first kappa shape index (κ1) is 18.5. The van der Waals surface area contributed by atoms with Crippen LogP contribution in [-0.4, -0.2) is 26.7 Å². The summed E-state index contributed by atoms with van der Waals surface area (Å²) in [4.78, 5) is 15.9. The Hall–Kier alpha value is -2.82. The number of carbonyl (C=O) groups is 1. The number of aromatic nitrogens is 2. The molecule has 0 aliphatic heterocycles. The first-order valence-electron chi connectivity index (χ1n) is 9.90. The van der Waals surface area contributed by atoms with Crippen molar-refractivity contribution < 1.29 is 14.6 Å². The molecular formula is C23H26N2O3. The summed E-state index contributed by atoms with van der Waals surface area (Å²) in [6.45, 7) is 2.10. The molecule has 0 bridgehead atoms. The summed E-state index contributed by atoms with van der Waals surface area (Å²) >= 11 is 0. The van der Waals surface area contributed by atoms with E-state index >= 15 is 0 Å². The fraction of sp³-hybridized carbons (Fsp3) is 0.391. The molecule has 1 saturated carbocycles. The van der Waals surface area contributed by atoms with Crippen molar-refractivity contribution in [2.24, 2.45) is 13.0 Å². The summed E-state index contributed by atoms with van der Waals surface area (Å²) in [6, 6.07) is 14.6. The van der Waals surface area contributed by atoms with Crippen LogP contribution in [0, 0.1) is 12.8 Å². The third kappa shape index (κ3) is 3.88. The normalized spacial score (nSPS) is 19.6. The fourth-order valence-electron chi connectivity index (χ4n) is 4.09. The predicted molar refractivity (Wildman–Crippen MR) is 109 cm³/mol. The number of imidazole rings is 1. The molecule has 146 valence electrons.